The van der Waals surface area contributed by atoms with Gasteiger partial charge in [-0.05, 0) is 62.5 Å². The lowest BCUT2D eigenvalue weighted by atomic mass is 9.74. The highest BCUT2D eigenvalue weighted by molar-refractivity contribution is 5.93. The van der Waals surface area contributed by atoms with Gasteiger partial charge in [0, 0.05) is 44.0 Å². The second-order valence-electron chi connectivity index (χ2n) is 8.57. The van der Waals surface area contributed by atoms with Crippen LogP contribution in [0.3, 0.4) is 0 Å². The lowest BCUT2D eigenvalue weighted by Crippen LogP contribution is -2.59. The molecule has 1 aromatic heterocycles. The van der Waals surface area contributed by atoms with E-state index in [0.717, 1.165) is 61.4 Å². The van der Waals surface area contributed by atoms with E-state index in [4.69, 9.17) is 5.21 Å². The Kier molecular flexibility index (Phi) is 4.22. The summed E-state index contributed by atoms with van der Waals surface area (Å²) in [6.07, 6.45) is 11.0. The predicted molar refractivity (Wildman–Crippen MR) is 96.9 cm³/mol. The Hall–Kier alpha value is -1.50. The number of hydrogen-bond acceptors (Lipinski definition) is 5. The molecule has 3 aliphatic heterocycles. The largest absolute Gasteiger partial charge is 0.296 e. The van der Waals surface area contributed by atoms with Crippen LogP contribution in [0.1, 0.15) is 60.1 Å². The molecule has 1 amide bonds. The molecule has 2 aliphatic carbocycles. The zero-order valence-electron chi connectivity index (χ0n) is 15.2. The third kappa shape index (κ3) is 2.94. The Bertz CT molecular complexity index is 697. The van der Waals surface area contributed by atoms with Gasteiger partial charge in [-0.25, -0.2) is 5.48 Å². The third-order valence-electron chi connectivity index (χ3n) is 7.00. The van der Waals surface area contributed by atoms with Crippen molar-refractivity contribution >= 4 is 5.91 Å². The molecule has 4 heterocycles. The summed E-state index contributed by atoms with van der Waals surface area (Å²) >= 11 is 0. The third-order valence-corrected chi connectivity index (χ3v) is 7.00. The Morgan fingerprint density at radius 3 is 2.62 bits per heavy atom. The number of pyridine rings is 1. The van der Waals surface area contributed by atoms with Crippen LogP contribution in [0.15, 0.2) is 12.3 Å². The lowest BCUT2D eigenvalue weighted by Gasteiger charge is -2.53. The molecule has 0 aromatic carbocycles. The summed E-state index contributed by atoms with van der Waals surface area (Å²) in [5, 5.41) is 8.80. The first kappa shape index (κ1) is 16.7. The van der Waals surface area contributed by atoms with Crippen LogP contribution in [0.4, 0.5) is 0 Å². The van der Waals surface area contributed by atoms with Gasteiger partial charge < -0.3 is 0 Å². The van der Waals surface area contributed by atoms with Crippen molar-refractivity contribution in [3.8, 4) is 0 Å². The fourth-order valence-electron chi connectivity index (χ4n) is 5.56. The minimum atomic E-state index is -0.485. The van der Waals surface area contributed by atoms with E-state index in [1.54, 1.807) is 11.7 Å². The number of piperidine rings is 2. The van der Waals surface area contributed by atoms with E-state index in [1.807, 2.05) is 6.07 Å². The molecule has 1 unspecified atom stereocenters. The molecule has 0 radical (unpaired) electrons. The molecule has 140 valence electrons. The maximum absolute atomic E-state index is 11.6. The number of nitrogens with zero attached hydrogens (tertiary/aromatic N) is 3. The summed E-state index contributed by atoms with van der Waals surface area (Å²) in [4.78, 5) is 21.6. The number of hydroxylamine groups is 1. The van der Waals surface area contributed by atoms with Gasteiger partial charge in [-0.1, -0.05) is 0 Å². The highest BCUT2D eigenvalue weighted by atomic mass is 16.5. The highest BCUT2D eigenvalue weighted by Gasteiger charge is 2.47. The van der Waals surface area contributed by atoms with E-state index in [9.17, 15) is 4.79 Å². The molecule has 1 aromatic rings. The number of carbonyl (C=O) groups excluding carboxylic acids is 1. The highest BCUT2D eigenvalue weighted by Crippen LogP contribution is 2.45. The van der Waals surface area contributed by atoms with Gasteiger partial charge in [0.25, 0.3) is 5.91 Å². The smallest absolute Gasteiger partial charge is 0.276 e. The average molecular weight is 356 g/mol. The Balaban J connectivity index is 1.29. The van der Waals surface area contributed by atoms with E-state index in [1.165, 1.54) is 38.5 Å². The van der Waals surface area contributed by atoms with Gasteiger partial charge in [0.15, 0.2) is 0 Å². The fraction of sp³-hybridized carbons (Fsp3) is 0.700. The van der Waals surface area contributed by atoms with Crippen LogP contribution in [0, 0.1) is 5.92 Å². The van der Waals surface area contributed by atoms with Gasteiger partial charge in [-0.3, -0.25) is 24.8 Å². The van der Waals surface area contributed by atoms with E-state index < -0.39 is 5.91 Å². The SMILES string of the molecule is O=C(NO)c1cnc2c(c1)CCN(CC1C3CCC(CC3)N1C1CC1)C2. The number of aromatic nitrogens is 1. The number of carbonyl (C=O) groups is 1. The van der Waals surface area contributed by atoms with E-state index >= 15 is 0 Å². The number of amides is 1. The lowest BCUT2D eigenvalue weighted by molar-refractivity contribution is -0.0355. The standard InChI is InChI=1S/C20H28N4O2/c25-20(22-26)15-9-14-7-8-23(11-18(14)21-10-15)12-19-13-1-3-16(4-2-13)24(19)17-5-6-17/h9-10,13,16-17,19,26H,1-8,11-12H2,(H,22,25). The summed E-state index contributed by atoms with van der Waals surface area (Å²) in [5.74, 6) is 0.395. The van der Waals surface area contributed by atoms with Crippen molar-refractivity contribution in [1.82, 2.24) is 20.3 Å². The van der Waals surface area contributed by atoms with E-state index in [0.29, 0.717) is 5.56 Å². The molecule has 2 saturated carbocycles. The molecule has 2 bridgehead atoms. The second kappa shape index (κ2) is 6.59. The molecule has 26 heavy (non-hydrogen) atoms. The number of nitrogens with one attached hydrogen (secondary N) is 1. The minimum Gasteiger partial charge on any atom is -0.296 e. The van der Waals surface area contributed by atoms with Crippen LogP contribution in [0.2, 0.25) is 0 Å². The molecule has 6 heteroatoms. The van der Waals surface area contributed by atoms with Crippen LogP contribution >= 0.6 is 0 Å². The Morgan fingerprint density at radius 1 is 1.19 bits per heavy atom. The number of rotatable bonds is 4. The summed E-state index contributed by atoms with van der Waals surface area (Å²) in [5.41, 5.74) is 4.36. The van der Waals surface area contributed by atoms with Gasteiger partial charge >= 0.3 is 0 Å². The van der Waals surface area contributed by atoms with E-state index in [2.05, 4.69) is 14.8 Å². The predicted octanol–water partition coefficient (Wildman–Crippen LogP) is 1.96. The topological polar surface area (TPSA) is 68.7 Å². The van der Waals surface area contributed by atoms with Crippen molar-refractivity contribution in [3.05, 3.63) is 29.1 Å². The average Bonchev–Trinajstić information content (AvgIpc) is 3.53. The molecule has 4 fully saturated rings. The zero-order valence-corrected chi connectivity index (χ0v) is 15.2. The minimum absolute atomic E-state index is 0.434. The summed E-state index contributed by atoms with van der Waals surface area (Å²) in [7, 11) is 0. The van der Waals surface area contributed by atoms with Crippen LogP contribution in [0.25, 0.3) is 0 Å². The number of fused-ring (bicyclic) bond motifs is 4. The fourth-order valence-corrected chi connectivity index (χ4v) is 5.56. The number of hydrogen-bond donors (Lipinski definition) is 2. The van der Waals surface area contributed by atoms with Crippen molar-refractivity contribution in [2.75, 3.05) is 13.1 Å². The Morgan fingerprint density at radius 2 is 1.92 bits per heavy atom. The van der Waals surface area contributed by atoms with Crippen LogP contribution in [0.5, 0.6) is 0 Å². The van der Waals surface area contributed by atoms with Gasteiger partial charge in [-0.2, -0.15) is 0 Å². The molecule has 0 spiro atoms. The normalized spacial score (nSPS) is 31.7. The Labute approximate surface area is 154 Å². The molecule has 2 N–H and O–H groups in total. The van der Waals surface area contributed by atoms with Crippen LogP contribution < -0.4 is 5.48 Å². The summed E-state index contributed by atoms with van der Waals surface area (Å²) in [6.45, 7) is 3.08. The quantitative estimate of drug-likeness (QED) is 0.638. The molecule has 5 aliphatic rings. The second-order valence-corrected chi connectivity index (χ2v) is 8.57. The van der Waals surface area contributed by atoms with Crippen molar-refractivity contribution in [3.63, 3.8) is 0 Å². The van der Waals surface area contributed by atoms with Crippen molar-refractivity contribution in [1.29, 1.82) is 0 Å². The molecular formula is C20H28N4O2. The van der Waals surface area contributed by atoms with Crippen LogP contribution in [-0.4, -0.2) is 57.1 Å². The van der Waals surface area contributed by atoms with Crippen molar-refractivity contribution in [2.45, 2.75) is 69.6 Å². The molecule has 6 nitrogen and oxygen atoms in total. The van der Waals surface area contributed by atoms with Gasteiger partial charge in [0.1, 0.15) is 0 Å². The zero-order chi connectivity index (χ0) is 17.7. The molecular weight excluding hydrogens is 328 g/mol. The molecule has 6 rings (SSSR count). The summed E-state index contributed by atoms with van der Waals surface area (Å²) in [6, 6.07) is 4.32. The van der Waals surface area contributed by atoms with Crippen LogP contribution in [-0.2, 0) is 13.0 Å². The summed E-state index contributed by atoms with van der Waals surface area (Å²) < 4.78 is 0. The first-order valence-corrected chi connectivity index (χ1v) is 10.1. The van der Waals surface area contributed by atoms with Crippen molar-refractivity contribution in [2.24, 2.45) is 5.92 Å². The molecule has 2 saturated heterocycles. The first-order valence-electron chi connectivity index (χ1n) is 10.1. The monoisotopic (exact) mass is 356 g/mol. The maximum Gasteiger partial charge on any atom is 0.276 e. The first-order chi connectivity index (χ1) is 12.7. The van der Waals surface area contributed by atoms with Gasteiger partial charge in [0.05, 0.1) is 11.3 Å². The van der Waals surface area contributed by atoms with Crippen molar-refractivity contribution < 1.29 is 10.0 Å². The van der Waals surface area contributed by atoms with E-state index in [-0.39, 0.29) is 0 Å². The maximum atomic E-state index is 11.6. The van der Waals surface area contributed by atoms with Gasteiger partial charge in [0.2, 0.25) is 0 Å². The van der Waals surface area contributed by atoms with Gasteiger partial charge in [-0.15, -0.1) is 0 Å². The molecule has 1 atom stereocenters.